The minimum Gasteiger partial charge on any atom is -0.396 e. The van der Waals surface area contributed by atoms with E-state index in [9.17, 15) is 14.0 Å². The van der Waals surface area contributed by atoms with E-state index >= 15 is 0 Å². The molecule has 1 aromatic carbocycles. The first-order valence-electron chi connectivity index (χ1n) is 6.98. The average Bonchev–Trinajstić information content (AvgIpc) is 2.94. The fourth-order valence-electron chi connectivity index (χ4n) is 2.39. The van der Waals surface area contributed by atoms with Crippen LogP contribution in [0.2, 0.25) is 0 Å². The largest absolute Gasteiger partial charge is 0.396 e. The number of carbonyl (C=O) groups excluding carboxylic acids is 2. The molecule has 21 heavy (non-hydrogen) atoms. The van der Waals surface area contributed by atoms with Gasteiger partial charge in [-0.2, -0.15) is 0 Å². The zero-order valence-corrected chi connectivity index (χ0v) is 11.7. The van der Waals surface area contributed by atoms with Crippen LogP contribution in [-0.4, -0.2) is 48.1 Å². The van der Waals surface area contributed by atoms with Gasteiger partial charge < -0.3 is 15.3 Å². The van der Waals surface area contributed by atoms with Crippen molar-refractivity contribution in [1.82, 2.24) is 10.2 Å². The molecule has 1 saturated heterocycles. The molecule has 1 aliphatic heterocycles. The number of carbonyl (C=O) groups is 2. The Labute approximate surface area is 122 Å². The number of aliphatic hydroxyl groups excluding tert-OH is 1. The number of hydrogen-bond donors (Lipinski definition) is 2. The number of amides is 2. The van der Waals surface area contributed by atoms with Gasteiger partial charge in [0.2, 0.25) is 11.8 Å². The molecule has 2 amide bonds. The highest BCUT2D eigenvalue weighted by Crippen LogP contribution is 2.14. The van der Waals surface area contributed by atoms with Gasteiger partial charge in [-0.25, -0.2) is 4.39 Å². The second-order valence-electron chi connectivity index (χ2n) is 5.26. The topological polar surface area (TPSA) is 69.6 Å². The van der Waals surface area contributed by atoms with Gasteiger partial charge in [-0.05, 0) is 24.1 Å². The Bertz CT molecular complexity index is 521. The summed E-state index contributed by atoms with van der Waals surface area (Å²) in [5.41, 5.74) is 0.571. The summed E-state index contributed by atoms with van der Waals surface area (Å²) in [4.78, 5) is 25.2. The number of aliphatic hydroxyl groups is 1. The maximum atomic E-state index is 13.0. The second-order valence-corrected chi connectivity index (χ2v) is 5.26. The molecule has 5 nitrogen and oxygen atoms in total. The summed E-state index contributed by atoms with van der Waals surface area (Å²) in [6.45, 7) is 1.17. The van der Waals surface area contributed by atoms with E-state index in [1.165, 1.54) is 12.1 Å². The first-order valence-corrected chi connectivity index (χ1v) is 6.98. The molecule has 1 atom stereocenters. The molecule has 114 valence electrons. The minimum absolute atomic E-state index is 0.0459. The summed E-state index contributed by atoms with van der Waals surface area (Å²) in [7, 11) is 0. The van der Waals surface area contributed by atoms with Crippen molar-refractivity contribution in [1.29, 1.82) is 0 Å². The van der Waals surface area contributed by atoms with E-state index in [-0.39, 0.29) is 43.1 Å². The van der Waals surface area contributed by atoms with Crippen molar-refractivity contribution in [2.45, 2.75) is 12.8 Å². The number of hydrogen-bond acceptors (Lipinski definition) is 3. The second kappa shape index (κ2) is 7.17. The highest BCUT2D eigenvalue weighted by Gasteiger charge is 2.25. The smallest absolute Gasteiger partial charge is 0.241 e. The molecule has 1 aliphatic rings. The molecule has 0 aromatic heterocycles. The zero-order valence-electron chi connectivity index (χ0n) is 11.7. The Morgan fingerprint density at radius 2 is 2.24 bits per heavy atom. The summed E-state index contributed by atoms with van der Waals surface area (Å²) in [6.07, 6.45) is 0.837. The molecule has 0 bridgehead atoms. The standard InChI is InChI=1S/C15H19FN2O3/c16-13-3-1-2-11(6-13)7-14(20)17-8-15(21)18-5-4-12(9-18)10-19/h1-3,6,12,19H,4-5,7-10H2,(H,17,20). The number of nitrogens with one attached hydrogen (secondary N) is 1. The van der Waals surface area contributed by atoms with Crippen LogP contribution in [0.15, 0.2) is 24.3 Å². The lowest BCUT2D eigenvalue weighted by Crippen LogP contribution is -2.39. The van der Waals surface area contributed by atoms with Crippen LogP contribution in [0.4, 0.5) is 4.39 Å². The summed E-state index contributed by atoms with van der Waals surface area (Å²) in [5, 5.41) is 11.6. The maximum absolute atomic E-state index is 13.0. The SMILES string of the molecule is O=C(Cc1cccc(F)c1)NCC(=O)N1CCC(CO)C1. The van der Waals surface area contributed by atoms with Gasteiger partial charge >= 0.3 is 0 Å². The fourth-order valence-corrected chi connectivity index (χ4v) is 2.39. The molecule has 1 heterocycles. The molecule has 0 radical (unpaired) electrons. The quantitative estimate of drug-likeness (QED) is 0.822. The lowest BCUT2D eigenvalue weighted by Gasteiger charge is -2.16. The predicted molar refractivity (Wildman–Crippen MR) is 74.9 cm³/mol. The number of likely N-dealkylation sites (tertiary alicyclic amines) is 1. The monoisotopic (exact) mass is 294 g/mol. The third-order valence-electron chi connectivity index (χ3n) is 3.59. The first-order chi connectivity index (χ1) is 10.1. The lowest BCUT2D eigenvalue weighted by atomic mass is 10.1. The molecular formula is C15H19FN2O3. The highest BCUT2D eigenvalue weighted by molar-refractivity contribution is 5.85. The molecule has 2 N–H and O–H groups in total. The van der Waals surface area contributed by atoms with Crippen molar-refractivity contribution in [3.8, 4) is 0 Å². The van der Waals surface area contributed by atoms with Gasteiger partial charge in [-0.15, -0.1) is 0 Å². The van der Waals surface area contributed by atoms with Crippen LogP contribution < -0.4 is 5.32 Å². The van der Waals surface area contributed by atoms with Crippen LogP contribution >= 0.6 is 0 Å². The van der Waals surface area contributed by atoms with Gasteiger partial charge in [0.05, 0.1) is 13.0 Å². The Hall–Kier alpha value is -1.95. The number of nitrogens with zero attached hydrogens (tertiary/aromatic N) is 1. The van der Waals surface area contributed by atoms with Crippen molar-refractivity contribution in [3.05, 3.63) is 35.6 Å². The molecule has 1 unspecified atom stereocenters. The van der Waals surface area contributed by atoms with Crippen molar-refractivity contribution < 1.29 is 19.1 Å². The first kappa shape index (κ1) is 15.4. The molecule has 0 aliphatic carbocycles. The molecule has 2 rings (SSSR count). The number of rotatable bonds is 5. The summed E-state index contributed by atoms with van der Waals surface area (Å²) in [5.74, 6) is -0.717. The highest BCUT2D eigenvalue weighted by atomic mass is 19.1. The summed E-state index contributed by atoms with van der Waals surface area (Å²) in [6, 6.07) is 5.82. The van der Waals surface area contributed by atoms with E-state index in [0.29, 0.717) is 18.7 Å². The third kappa shape index (κ3) is 4.53. The number of halogens is 1. The van der Waals surface area contributed by atoms with Crippen molar-refractivity contribution in [2.24, 2.45) is 5.92 Å². The van der Waals surface area contributed by atoms with Crippen LogP contribution in [-0.2, 0) is 16.0 Å². The maximum Gasteiger partial charge on any atom is 0.241 e. The molecule has 0 saturated carbocycles. The van der Waals surface area contributed by atoms with Crippen LogP contribution in [0.5, 0.6) is 0 Å². The van der Waals surface area contributed by atoms with Gasteiger partial charge in [0.15, 0.2) is 0 Å². The van der Waals surface area contributed by atoms with E-state index < -0.39 is 0 Å². The van der Waals surface area contributed by atoms with Crippen molar-refractivity contribution in [3.63, 3.8) is 0 Å². The zero-order chi connectivity index (χ0) is 15.2. The fraction of sp³-hybridized carbons (Fsp3) is 0.467. The van der Waals surface area contributed by atoms with E-state index in [1.807, 2.05) is 0 Å². The Morgan fingerprint density at radius 1 is 1.43 bits per heavy atom. The Balaban J connectivity index is 1.75. The van der Waals surface area contributed by atoms with E-state index in [0.717, 1.165) is 6.42 Å². The third-order valence-corrected chi connectivity index (χ3v) is 3.59. The molecule has 6 heteroatoms. The number of benzene rings is 1. The van der Waals surface area contributed by atoms with Crippen LogP contribution in [0.3, 0.4) is 0 Å². The van der Waals surface area contributed by atoms with Gasteiger partial charge in [0, 0.05) is 25.6 Å². The molecule has 0 spiro atoms. The van der Waals surface area contributed by atoms with Crippen molar-refractivity contribution >= 4 is 11.8 Å². The Morgan fingerprint density at radius 3 is 2.90 bits per heavy atom. The molecule has 1 fully saturated rings. The predicted octanol–water partition coefficient (Wildman–Crippen LogP) is 0.325. The van der Waals surface area contributed by atoms with E-state index in [2.05, 4.69) is 5.32 Å². The van der Waals surface area contributed by atoms with Gasteiger partial charge in [0.1, 0.15) is 5.82 Å². The minimum atomic E-state index is -0.386. The summed E-state index contributed by atoms with van der Waals surface area (Å²) < 4.78 is 13.0. The average molecular weight is 294 g/mol. The van der Waals surface area contributed by atoms with E-state index in [4.69, 9.17) is 5.11 Å². The normalized spacial score (nSPS) is 17.8. The Kier molecular flexibility index (Phi) is 5.27. The van der Waals surface area contributed by atoms with Crippen molar-refractivity contribution in [2.75, 3.05) is 26.2 Å². The van der Waals surface area contributed by atoms with Crippen LogP contribution in [0.1, 0.15) is 12.0 Å². The van der Waals surface area contributed by atoms with Gasteiger partial charge in [-0.1, -0.05) is 12.1 Å². The summed E-state index contributed by atoms with van der Waals surface area (Å²) >= 11 is 0. The lowest BCUT2D eigenvalue weighted by molar-refractivity contribution is -0.132. The van der Waals surface area contributed by atoms with Gasteiger partial charge in [0.25, 0.3) is 0 Å². The van der Waals surface area contributed by atoms with E-state index in [1.54, 1.807) is 17.0 Å². The molecular weight excluding hydrogens is 275 g/mol. The molecule has 1 aromatic rings. The van der Waals surface area contributed by atoms with Crippen LogP contribution in [0.25, 0.3) is 0 Å². The van der Waals surface area contributed by atoms with Gasteiger partial charge in [-0.3, -0.25) is 9.59 Å². The van der Waals surface area contributed by atoms with Crippen LogP contribution in [0, 0.1) is 11.7 Å².